The summed E-state index contributed by atoms with van der Waals surface area (Å²) >= 11 is 0. The SMILES string of the molecule is NCC1(C(=O)NC2C=CC(C(=O)O)C2)CCCCCC1. The number of amides is 1. The lowest BCUT2D eigenvalue weighted by atomic mass is 9.79. The zero-order valence-corrected chi connectivity index (χ0v) is 11.8. The minimum Gasteiger partial charge on any atom is -0.481 e. The Morgan fingerprint density at radius 3 is 2.35 bits per heavy atom. The van der Waals surface area contributed by atoms with E-state index in [1.807, 2.05) is 0 Å². The van der Waals surface area contributed by atoms with Gasteiger partial charge in [-0.25, -0.2) is 0 Å². The van der Waals surface area contributed by atoms with Crippen molar-refractivity contribution in [2.45, 2.75) is 51.0 Å². The first kappa shape index (κ1) is 15.0. The maximum atomic E-state index is 12.6. The van der Waals surface area contributed by atoms with Crippen molar-refractivity contribution in [1.82, 2.24) is 5.32 Å². The Labute approximate surface area is 119 Å². The van der Waals surface area contributed by atoms with Gasteiger partial charge in [0.05, 0.1) is 11.3 Å². The first-order chi connectivity index (χ1) is 9.57. The number of aliphatic carboxylic acids is 1. The van der Waals surface area contributed by atoms with E-state index in [1.54, 1.807) is 12.2 Å². The highest BCUT2D eigenvalue weighted by Gasteiger charge is 2.38. The Bertz CT molecular complexity index is 398. The van der Waals surface area contributed by atoms with Crippen molar-refractivity contribution in [3.63, 3.8) is 0 Å². The molecule has 1 saturated carbocycles. The number of carbonyl (C=O) groups excluding carboxylic acids is 1. The zero-order chi connectivity index (χ0) is 14.6. The van der Waals surface area contributed by atoms with Crippen LogP contribution >= 0.6 is 0 Å². The third-order valence-electron chi connectivity index (χ3n) is 4.65. The summed E-state index contributed by atoms with van der Waals surface area (Å²) in [6.45, 7) is 0.373. The number of carboxylic acids is 1. The fraction of sp³-hybridized carbons (Fsp3) is 0.733. The third kappa shape index (κ3) is 3.20. The quantitative estimate of drug-likeness (QED) is 0.536. The van der Waals surface area contributed by atoms with Crippen LogP contribution in [0.5, 0.6) is 0 Å². The molecule has 0 spiro atoms. The first-order valence-electron chi connectivity index (χ1n) is 7.49. The summed E-state index contributed by atoms with van der Waals surface area (Å²) in [5.74, 6) is -1.31. The van der Waals surface area contributed by atoms with Crippen LogP contribution in [0.4, 0.5) is 0 Å². The highest BCUT2D eigenvalue weighted by molar-refractivity contribution is 5.83. The Hall–Kier alpha value is -1.36. The van der Waals surface area contributed by atoms with Gasteiger partial charge in [-0.2, -0.15) is 0 Å². The number of nitrogens with one attached hydrogen (secondary N) is 1. The minimum absolute atomic E-state index is 0.00240. The number of carbonyl (C=O) groups is 2. The maximum Gasteiger partial charge on any atom is 0.310 e. The summed E-state index contributed by atoms with van der Waals surface area (Å²) in [6, 6.07) is -0.171. The van der Waals surface area contributed by atoms with Crippen LogP contribution in [-0.2, 0) is 9.59 Å². The average Bonchev–Trinajstić information content (AvgIpc) is 2.75. The molecular formula is C15H24N2O3. The fourth-order valence-electron chi connectivity index (χ4n) is 3.24. The van der Waals surface area contributed by atoms with Crippen LogP contribution in [0, 0.1) is 11.3 Å². The zero-order valence-electron chi connectivity index (χ0n) is 11.8. The van der Waals surface area contributed by atoms with Gasteiger partial charge < -0.3 is 16.2 Å². The lowest BCUT2D eigenvalue weighted by Gasteiger charge is -2.31. The molecule has 2 atom stereocenters. The van der Waals surface area contributed by atoms with Gasteiger partial charge in [0.2, 0.25) is 5.91 Å². The average molecular weight is 280 g/mol. The second kappa shape index (κ2) is 6.39. The first-order valence-corrected chi connectivity index (χ1v) is 7.49. The molecule has 0 saturated heterocycles. The lowest BCUT2D eigenvalue weighted by Crippen LogP contribution is -2.48. The second-order valence-electron chi connectivity index (χ2n) is 6.04. The highest BCUT2D eigenvalue weighted by atomic mass is 16.4. The molecule has 112 valence electrons. The predicted octanol–water partition coefficient (Wildman–Crippen LogP) is 1.43. The van der Waals surface area contributed by atoms with E-state index >= 15 is 0 Å². The summed E-state index contributed by atoms with van der Waals surface area (Å²) in [4.78, 5) is 23.5. The van der Waals surface area contributed by atoms with Crippen molar-refractivity contribution >= 4 is 11.9 Å². The van der Waals surface area contributed by atoms with E-state index in [1.165, 1.54) is 12.8 Å². The van der Waals surface area contributed by atoms with Crippen LogP contribution in [0.25, 0.3) is 0 Å². The molecule has 0 aromatic heterocycles. The van der Waals surface area contributed by atoms with Gasteiger partial charge in [-0.05, 0) is 19.3 Å². The smallest absolute Gasteiger partial charge is 0.310 e. The molecule has 2 rings (SSSR count). The number of rotatable bonds is 4. The standard InChI is InChI=1S/C15H24N2O3/c16-10-15(7-3-1-2-4-8-15)14(20)17-12-6-5-11(9-12)13(18)19/h5-6,11-12H,1-4,7-10,16H2,(H,17,20)(H,18,19). The molecule has 2 aliphatic rings. The molecule has 1 amide bonds. The molecule has 2 unspecified atom stereocenters. The van der Waals surface area contributed by atoms with E-state index in [2.05, 4.69) is 5.32 Å². The van der Waals surface area contributed by atoms with Gasteiger partial charge in [0.1, 0.15) is 0 Å². The van der Waals surface area contributed by atoms with Gasteiger partial charge in [0, 0.05) is 12.6 Å². The van der Waals surface area contributed by atoms with Gasteiger partial charge in [-0.1, -0.05) is 37.8 Å². The van der Waals surface area contributed by atoms with Crippen LogP contribution in [0.15, 0.2) is 12.2 Å². The number of nitrogens with two attached hydrogens (primary N) is 1. The van der Waals surface area contributed by atoms with E-state index < -0.39 is 17.3 Å². The molecule has 0 heterocycles. The molecule has 0 aromatic rings. The van der Waals surface area contributed by atoms with E-state index in [0.717, 1.165) is 25.7 Å². The molecule has 0 bridgehead atoms. The molecular weight excluding hydrogens is 256 g/mol. The van der Waals surface area contributed by atoms with Gasteiger partial charge in [0.25, 0.3) is 0 Å². The molecule has 0 aliphatic heterocycles. The van der Waals surface area contributed by atoms with Crippen molar-refractivity contribution in [1.29, 1.82) is 0 Å². The van der Waals surface area contributed by atoms with E-state index in [4.69, 9.17) is 10.8 Å². The van der Waals surface area contributed by atoms with Crippen LogP contribution in [0.1, 0.15) is 44.9 Å². The Balaban J connectivity index is 1.96. The molecule has 2 aliphatic carbocycles. The number of carboxylic acid groups (broad SMARTS) is 1. The van der Waals surface area contributed by atoms with Gasteiger partial charge in [-0.15, -0.1) is 0 Å². The van der Waals surface area contributed by atoms with Crippen molar-refractivity contribution in [2.24, 2.45) is 17.1 Å². The molecule has 4 N–H and O–H groups in total. The van der Waals surface area contributed by atoms with Gasteiger partial charge in [-0.3, -0.25) is 9.59 Å². The lowest BCUT2D eigenvalue weighted by molar-refractivity contribution is -0.140. The second-order valence-corrected chi connectivity index (χ2v) is 6.04. The Morgan fingerprint density at radius 1 is 1.20 bits per heavy atom. The Kier molecular flexibility index (Phi) is 4.81. The van der Waals surface area contributed by atoms with E-state index in [-0.39, 0.29) is 11.9 Å². The topological polar surface area (TPSA) is 92.4 Å². The number of hydrogen-bond acceptors (Lipinski definition) is 3. The van der Waals surface area contributed by atoms with Crippen molar-refractivity contribution in [3.05, 3.63) is 12.2 Å². The normalized spacial score (nSPS) is 28.9. The van der Waals surface area contributed by atoms with Crippen LogP contribution in [-0.4, -0.2) is 29.6 Å². The van der Waals surface area contributed by atoms with E-state index in [9.17, 15) is 9.59 Å². The fourth-order valence-corrected chi connectivity index (χ4v) is 3.24. The van der Waals surface area contributed by atoms with Crippen molar-refractivity contribution in [2.75, 3.05) is 6.54 Å². The monoisotopic (exact) mass is 280 g/mol. The summed E-state index contributed by atoms with van der Waals surface area (Å²) in [6.07, 6.45) is 10.0. The van der Waals surface area contributed by atoms with Gasteiger partial charge in [0.15, 0.2) is 0 Å². The van der Waals surface area contributed by atoms with Gasteiger partial charge >= 0.3 is 5.97 Å². The maximum absolute atomic E-state index is 12.6. The molecule has 5 nitrogen and oxygen atoms in total. The van der Waals surface area contributed by atoms with E-state index in [0.29, 0.717) is 13.0 Å². The third-order valence-corrected chi connectivity index (χ3v) is 4.65. The summed E-state index contributed by atoms with van der Waals surface area (Å²) < 4.78 is 0. The largest absolute Gasteiger partial charge is 0.481 e. The van der Waals surface area contributed by atoms with Crippen LogP contribution in [0.2, 0.25) is 0 Å². The summed E-state index contributed by atoms with van der Waals surface area (Å²) in [7, 11) is 0. The Morgan fingerprint density at radius 2 is 1.85 bits per heavy atom. The summed E-state index contributed by atoms with van der Waals surface area (Å²) in [5, 5.41) is 11.9. The molecule has 0 radical (unpaired) electrons. The number of hydrogen-bond donors (Lipinski definition) is 3. The van der Waals surface area contributed by atoms with Crippen LogP contribution in [0.3, 0.4) is 0 Å². The van der Waals surface area contributed by atoms with Crippen molar-refractivity contribution in [3.8, 4) is 0 Å². The highest BCUT2D eigenvalue weighted by Crippen LogP contribution is 2.35. The van der Waals surface area contributed by atoms with Crippen LogP contribution < -0.4 is 11.1 Å². The van der Waals surface area contributed by atoms with Crippen molar-refractivity contribution < 1.29 is 14.7 Å². The molecule has 5 heteroatoms. The molecule has 1 fully saturated rings. The minimum atomic E-state index is -0.832. The summed E-state index contributed by atoms with van der Waals surface area (Å²) in [5.41, 5.74) is 5.43. The predicted molar refractivity (Wildman–Crippen MR) is 76.0 cm³/mol. The molecule has 0 aromatic carbocycles. The molecule has 20 heavy (non-hydrogen) atoms.